The minimum absolute atomic E-state index is 0.0372. The molecule has 1 aromatic heterocycles. The Morgan fingerprint density at radius 2 is 1.54 bits per heavy atom. The van der Waals surface area contributed by atoms with Gasteiger partial charge in [-0.2, -0.15) is 0 Å². The number of ether oxygens (including phenoxy) is 1. The first-order chi connectivity index (χ1) is 16.3. The van der Waals surface area contributed by atoms with Crippen molar-refractivity contribution in [3.8, 4) is 11.4 Å². The first kappa shape index (κ1) is 26.0. The van der Waals surface area contributed by atoms with Crippen molar-refractivity contribution < 1.29 is 22.7 Å². The van der Waals surface area contributed by atoms with E-state index in [0.717, 1.165) is 11.4 Å². The summed E-state index contributed by atoms with van der Waals surface area (Å²) in [5, 5.41) is 0. The van der Waals surface area contributed by atoms with E-state index in [1.165, 1.54) is 25.3 Å². The number of hydrazine groups is 1. The Morgan fingerprint density at radius 3 is 2.14 bits per heavy atom. The Morgan fingerprint density at radius 1 is 0.914 bits per heavy atom. The summed E-state index contributed by atoms with van der Waals surface area (Å²) in [4.78, 5) is 25.4. The van der Waals surface area contributed by atoms with Gasteiger partial charge in [-0.3, -0.25) is 20.4 Å². The number of hydrogen-bond donors (Lipinski definition) is 3. The normalized spacial score (nSPS) is 11.7. The van der Waals surface area contributed by atoms with E-state index in [1.54, 1.807) is 26.8 Å². The number of carbonyl (C=O) groups excluding carboxylic acids is 2. The van der Waals surface area contributed by atoms with Crippen LogP contribution in [-0.4, -0.2) is 37.4 Å². The van der Waals surface area contributed by atoms with Crippen LogP contribution in [-0.2, 0) is 10.0 Å². The summed E-state index contributed by atoms with van der Waals surface area (Å²) >= 11 is 0. The molecule has 3 N–H and O–H groups in total. The molecule has 0 spiro atoms. The summed E-state index contributed by atoms with van der Waals surface area (Å²) in [5.74, 6) is -1.08. The standard InChI is InChI=1S/C25H30N4O5S/c1-16-14-20(17(2)29(16)19-10-8-7-9-11-19)24(31)27-26-23(30)18-12-13-21(34-6)22(15-18)35(32,33)28-25(3,4)5/h7-15,28H,1-6H3,(H,26,30)(H,27,31). The summed E-state index contributed by atoms with van der Waals surface area (Å²) in [5.41, 5.74) is 6.96. The first-order valence-corrected chi connectivity index (χ1v) is 12.4. The zero-order chi connectivity index (χ0) is 26.0. The summed E-state index contributed by atoms with van der Waals surface area (Å²) in [6.45, 7) is 8.83. The number of methoxy groups -OCH3 is 1. The average Bonchev–Trinajstić information content (AvgIpc) is 3.09. The lowest BCUT2D eigenvalue weighted by Crippen LogP contribution is -2.42. The predicted molar refractivity (Wildman–Crippen MR) is 133 cm³/mol. The average molecular weight is 499 g/mol. The summed E-state index contributed by atoms with van der Waals surface area (Å²) in [6.07, 6.45) is 0. The molecule has 0 bridgehead atoms. The molecule has 186 valence electrons. The van der Waals surface area contributed by atoms with Gasteiger partial charge in [0.05, 0.1) is 12.7 Å². The highest BCUT2D eigenvalue weighted by Gasteiger charge is 2.26. The maximum atomic E-state index is 12.8. The van der Waals surface area contributed by atoms with Crippen molar-refractivity contribution in [3.05, 3.63) is 77.1 Å². The maximum Gasteiger partial charge on any atom is 0.271 e. The van der Waals surface area contributed by atoms with Crippen molar-refractivity contribution in [1.82, 2.24) is 20.1 Å². The fraction of sp³-hybridized carbons (Fsp3) is 0.280. The fourth-order valence-corrected chi connectivity index (χ4v) is 5.32. The van der Waals surface area contributed by atoms with Crippen molar-refractivity contribution in [2.45, 2.75) is 45.1 Å². The number of sulfonamides is 1. The zero-order valence-electron chi connectivity index (χ0n) is 20.6. The second-order valence-corrected chi connectivity index (χ2v) is 10.7. The Bertz CT molecular complexity index is 1360. The lowest BCUT2D eigenvalue weighted by Gasteiger charge is -2.21. The molecular weight excluding hydrogens is 468 g/mol. The van der Waals surface area contributed by atoms with Crippen molar-refractivity contribution in [1.29, 1.82) is 0 Å². The lowest BCUT2D eigenvalue weighted by molar-refractivity contribution is 0.0846. The van der Waals surface area contributed by atoms with Gasteiger partial charge in [-0.1, -0.05) is 18.2 Å². The van der Waals surface area contributed by atoms with Gasteiger partial charge in [-0.05, 0) is 71.0 Å². The van der Waals surface area contributed by atoms with Crippen molar-refractivity contribution in [2.24, 2.45) is 0 Å². The molecule has 0 aliphatic heterocycles. The monoisotopic (exact) mass is 498 g/mol. The van der Waals surface area contributed by atoms with E-state index in [4.69, 9.17) is 4.74 Å². The third-order valence-corrected chi connectivity index (χ3v) is 6.91. The molecule has 0 radical (unpaired) electrons. The van der Waals surface area contributed by atoms with Gasteiger partial charge in [0.15, 0.2) is 0 Å². The third-order valence-electron chi connectivity index (χ3n) is 5.14. The molecule has 1 heterocycles. The van der Waals surface area contributed by atoms with Crippen LogP contribution in [0, 0.1) is 13.8 Å². The van der Waals surface area contributed by atoms with Gasteiger partial charge < -0.3 is 9.30 Å². The summed E-state index contributed by atoms with van der Waals surface area (Å²) < 4.78 is 35.4. The lowest BCUT2D eigenvalue weighted by atomic mass is 10.1. The molecule has 0 saturated heterocycles. The van der Waals surface area contributed by atoms with Crippen molar-refractivity contribution in [3.63, 3.8) is 0 Å². The number of aromatic nitrogens is 1. The van der Waals surface area contributed by atoms with Crippen LogP contribution >= 0.6 is 0 Å². The topological polar surface area (TPSA) is 119 Å². The van der Waals surface area contributed by atoms with Crippen molar-refractivity contribution >= 4 is 21.8 Å². The van der Waals surface area contributed by atoms with Gasteiger partial charge in [0.2, 0.25) is 10.0 Å². The molecule has 0 atom stereocenters. The molecule has 0 aliphatic rings. The summed E-state index contributed by atoms with van der Waals surface area (Å²) in [7, 11) is -2.63. The molecule has 10 heteroatoms. The van der Waals surface area contributed by atoms with Crippen LogP contribution in [0.25, 0.3) is 5.69 Å². The molecule has 9 nitrogen and oxygen atoms in total. The van der Waals surface area contributed by atoms with E-state index in [9.17, 15) is 18.0 Å². The molecule has 3 aromatic rings. The maximum absolute atomic E-state index is 12.8. The molecule has 3 rings (SSSR count). The second kappa shape index (κ2) is 9.93. The molecule has 2 aromatic carbocycles. The largest absolute Gasteiger partial charge is 0.495 e. The molecule has 2 amide bonds. The van der Waals surface area contributed by atoms with E-state index >= 15 is 0 Å². The highest BCUT2D eigenvalue weighted by atomic mass is 32.2. The smallest absolute Gasteiger partial charge is 0.271 e. The molecule has 0 saturated carbocycles. The Labute approximate surface area is 205 Å². The van der Waals surface area contributed by atoms with Crippen LogP contribution in [0.5, 0.6) is 5.75 Å². The Balaban J connectivity index is 1.80. The molecule has 0 aliphatic carbocycles. The minimum atomic E-state index is -3.97. The van der Waals surface area contributed by atoms with Crippen LogP contribution in [0.2, 0.25) is 0 Å². The Hall–Kier alpha value is -3.63. The second-order valence-electron chi connectivity index (χ2n) is 9.09. The van der Waals surface area contributed by atoms with Gasteiger partial charge >= 0.3 is 0 Å². The van der Waals surface area contributed by atoms with Crippen molar-refractivity contribution in [2.75, 3.05) is 7.11 Å². The highest BCUT2D eigenvalue weighted by molar-refractivity contribution is 7.89. The van der Waals surface area contributed by atoms with Gasteiger partial charge in [0, 0.05) is 28.2 Å². The third kappa shape index (κ3) is 5.90. The quantitative estimate of drug-likeness (QED) is 0.451. The number of hydrogen-bond acceptors (Lipinski definition) is 5. The summed E-state index contributed by atoms with van der Waals surface area (Å²) in [6, 6.07) is 15.4. The highest BCUT2D eigenvalue weighted by Crippen LogP contribution is 2.26. The molecule has 0 unspecified atom stereocenters. The van der Waals surface area contributed by atoms with E-state index < -0.39 is 27.4 Å². The number of nitrogens with zero attached hydrogens (tertiary/aromatic N) is 1. The van der Waals surface area contributed by atoms with Gasteiger partial charge in [-0.15, -0.1) is 0 Å². The van der Waals surface area contributed by atoms with Crippen LogP contribution < -0.4 is 20.3 Å². The van der Waals surface area contributed by atoms with E-state index in [2.05, 4.69) is 15.6 Å². The van der Waals surface area contributed by atoms with E-state index in [0.29, 0.717) is 11.3 Å². The zero-order valence-corrected chi connectivity index (χ0v) is 21.4. The minimum Gasteiger partial charge on any atom is -0.495 e. The number of para-hydroxylation sites is 1. The predicted octanol–water partition coefficient (Wildman–Crippen LogP) is 3.25. The first-order valence-electron chi connectivity index (χ1n) is 10.9. The van der Waals surface area contributed by atoms with Gasteiger partial charge in [0.1, 0.15) is 10.6 Å². The van der Waals surface area contributed by atoms with Gasteiger partial charge in [0.25, 0.3) is 11.8 Å². The number of nitrogens with one attached hydrogen (secondary N) is 3. The number of amides is 2. The van der Waals surface area contributed by atoms with Crippen LogP contribution in [0.15, 0.2) is 59.5 Å². The number of carbonyl (C=O) groups is 2. The van der Waals surface area contributed by atoms with E-state index in [1.807, 2.05) is 48.7 Å². The van der Waals surface area contributed by atoms with Crippen LogP contribution in [0.3, 0.4) is 0 Å². The Kier molecular flexibility index (Phi) is 7.37. The van der Waals surface area contributed by atoms with Crippen LogP contribution in [0.4, 0.5) is 0 Å². The van der Waals surface area contributed by atoms with Gasteiger partial charge in [-0.25, -0.2) is 13.1 Å². The number of aryl methyl sites for hydroxylation is 1. The number of benzene rings is 2. The molecule has 0 fully saturated rings. The van der Waals surface area contributed by atoms with E-state index in [-0.39, 0.29) is 16.2 Å². The number of rotatable bonds is 6. The SMILES string of the molecule is COc1ccc(C(=O)NNC(=O)c2cc(C)n(-c3ccccc3)c2C)cc1S(=O)(=O)NC(C)(C)C. The van der Waals surface area contributed by atoms with Crippen LogP contribution in [0.1, 0.15) is 52.9 Å². The fourth-order valence-electron chi connectivity index (χ4n) is 3.71. The molecule has 35 heavy (non-hydrogen) atoms. The molecular formula is C25H30N4O5S.